The van der Waals surface area contributed by atoms with Crippen LogP contribution in [-0.4, -0.2) is 67.9 Å². The van der Waals surface area contributed by atoms with Gasteiger partial charge in [-0.25, -0.2) is 0 Å². The van der Waals surface area contributed by atoms with Crippen LogP contribution in [0.5, 0.6) is 0 Å². The fourth-order valence-electron chi connectivity index (χ4n) is 3.27. The summed E-state index contributed by atoms with van der Waals surface area (Å²) in [6.07, 6.45) is 0. The Kier molecular flexibility index (Phi) is 5.31. The van der Waals surface area contributed by atoms with Gasteiger partial charge in [-0.05, 0) is 69.5 Å². The summed E-state index contributed by atoms with van der Waals surface area (Å²) < 4.78 is 0. The molecular weight excluding hydrogens is 336 g/mol. The first kappa shape index (κ1) is 20.3. The molecular formula is C18H34N4S2. The van der Waals surface area contributed by atoms with E-state index in [4.69, 9.17) is 9.98 Å². The van der Waals surface area contributed by atoms with Gasteiger partial charge in [0.25, 0.3) is 0 Å². The monoisotopic (exact) mass is 370 g/mol. The zero-order valence-corrected chi connectivity index (χ0v) is 18.7. The predicted octanol–water partition coefficient (Wildman–Crippen LogP) is 4.17. The predicted molar refractivity (Wildman–Crippen MR) is 112 cm³/mol. The number of aliphatic imine (C=N–C) groups is 2. The summed E-state index contributed by atoms with van der Waals surface area (Å²) in [5.41, 5.74) is -0.178. The highest BCUT2D eigenvalue weighted by Gasteiger charge is 2.46. The smallest absolute Gasteiger partial charge is 0.109 e. The van der Waals surface area contributed by atoms with E-state index < -0.39 is 0 Å². The lowest BCUT2D eigenvalue weighted by molar-refractivity contribution is 0.121. The zero-order chi connectivity index (χ0) is 18.6. The van der Waals surface area contributed by atoms with Gasteiger partial charge in [0, 0.05) is 11.5 Å². The fourth-order valence-corrected chi connectivity index (χ4v) is 5.88. The molecule has 0 aromatic carbocycles. The van der Waals surface area contributed by atoms with Gasteiger partial charge in [-0.15, -0.1) is 23.5 Å². The summed E-state index contributed by atoms with van der Waals surface area (Å²) in [5, 5.41) is 2.50. The van der Waals surface area contributed by atoms with Crippen LogP contribution in [-0.2, 0) is 0 Å². The summed E-state index contributed by atoms with van der Waals surface area (Å²) in [5.74, 6) is 2.13. The lowest BCUT2D eigenvalue weighted by atomic mass is 10.0. The van der Waals surface area contributed by atoms with Crippen molar-refractivity contribution < 1.29 is 0 Å². The van der Waals surface area contributed by atoms with Gasteiger partial charge >= 0.3 is 0 Å². The Hall–Kier alpha value is -0.0400. The van der Waals surface area contributed by atoms with Crippen molar-refractivity contribution in [1.82, 2.24) is 9.80 Å². The van der Waals surface area contributed by atoms with Gasteiger partial charge in [-0.2, -0.15) is 0 Å². The van der Waals surface area contributed by atoms with Crippen LogP contribution < -0.4 is 0 Å². The lowest BCUT2D eigenvalue weighted by Gasteiger charge is -2.36. The Morgan fingerprint density at radius 3 is 1.17 bits per heavy atom. The van der Waals surface area contributed by atoms with Gasteiger partial charge in [-0.3, -0.25) is 19.8 Å². The molecule has 24 heavy (non-hydrogen) atoms. The minimum absolute atomic E-state index is 0.0190. The fraction of sp³-hybridized carbons (Fsp3) is 0.889. The topological polar surface area (TPSA) is 31.2 Å². The molecule has 0 bridgehead atoms. The van der Waals surface area contributed by atoms with Crippen molar-refractivity contribution in [1.29, 1.82) is 0 Å². The third kappa shape index (κ3) is 3.44. The van der Waals surface area contributed by atoms with E-state index in [0.29, 0.717) is 0 Å². The molecule has 0 spiro atoms. The van der Waals surface area contributed by atoms with Crippen LogP contribution in [0.3, 0.4) is 0 Å². The molecule has 138 valence electrons. The van der Waals surface area contributed by atoms with Gasteiger partial charge in [-0.1, -0.05) is 0 Å². The Morgan fingerprint density at radius 2 is 0.958 bits per heavy atom. The number of nitrogens with zero attached hydrogens (tertiary/aromatic N) is 4. The van der Waals surface area contributed by atoms with Crippen molar-refractivity contribution in [3.63, 3.8) is 0 Å². The standard InChI is InChI=1S/C18H34N4S2/c1-15(2)13(19-17(5,6)21(15)9)23-11-12-24-14-16(3,4)22(10)18(7,8)20-14/h11-12H2,1-10H3. The molecule has 0 aromatic heterocycles. The molecule has 0 radical (unpaired) electrons. The van der Waals surface area contributed by atoms with Crippen molar-refractivity contribution in [3.8, 4) is 0 Å². The normalized spacial score (nSPS) is 28.1. The maximum absolute atomic E-state index is 4.95. The molecule has 0 aromatic rings. The van der Waals surface area contributed by atoms with Gasteiger partial charge in [0.15, 0.2) is 0 Å². The van der Waals surface area contributed by atoms with Crippen LogP contribution in [0.2, 0.25) is 0 Å². The first-order valence-corrected chi connectivity index (χ1v) is 10.6. The molecule has 0 aliphatic carbocycles. The average Bonchev–Trinajstić information content (AvgIpc) is 2.70. The Balaban J connectivity index is 1.93. The highest BCUT2D eigenvalue weighted by molar-refractivity contribution is 8.17. The summed E-state index contributed by atoms with van der Waals surface area (Å²) in [6, 6.07) is 0. The molecule has 0 fully saturated rings. The highest BCUT2D eigenvalue weighted by Crippen LogP contribution is 2.39. The zero-order valence-electron chi connectivity index (χ0n) is 17.0. The molecule has 0 N–H and O–H groups in total. The molecule has 2 rings (SSSR count). The second-order valence-corrected chi connectivity index (χ2v) is 10.9. The van der Waals surface area contributed by atoms with Crippen molar-refractivity contribution in [2.45, 2.75) is 77.8 Å². The van der Waals surface area contributed by atoms with Gasteiger partial charge < -0.3 is 0 Å². The number of thioether (sulfide) groups is 2. The SMILES string of the molecule is CN1C(C)(C)N=C(SCCSC2=NC(C)(C)N(C)C2(C)C)C1(C)C. The van der Waals surface area contributed by atoms with Gasteiger partial charge in [0.2, 0.25) is 0 Å². The van der Waals surface area contributed by atoms with Gasteiger partial charge in [0.05, 0.1) is 21.2 Å². The largest absolute Gasteiger partial charge is 0.272 e. The molecule has 2 aliphatic rings. The molecule has 2 aliphatic heterocycles. The number of hydrogen-bond donors (Lipinski definition) is 0. The van der Waals surface area contributed by atoms with E-state index in [1.807, 2.05) is 23.5 Å². The van der Waals surface area contributed by atoms with E-state index in [9.17, 15) is 0 Å². The van der Waals surface area contributed by atoms with Crippen LogP contribution in [0.15, 0.2) is 9.98 Å². The third-order valence-electron chi connectivity index (χ3n) is 5.68. The van der Waals surface area contributed by atoms with Crippen molar-refractivity contribution in [3.05, 3.63) is 0 Å². The molecule has 0 saturated carbocycles. The van der Waals surface area contributed by atoms with Crippen molar-refractivity contribution in [2.75, 3.05) is 25.6 Å². The Bertz CT molecular complexity index is 511. The van der Waals surface area contributed by atoms with Crippen LogP contribution in [0.25, 0.3) is 0 Å². The highest BCUT2D eigenvalue weighted by atomic mass is 32.2. The molecule has 0 amide bonds. The van der Waals surface area contributed by atoms with Crippen LogP contribution in [0.1, 0.15) is 55.4 Å². The second-order valence-electron chi connectivity index (χ2n) is 8.76. The maximum atomic E-state index is 4.95. The summed E-state index contributed by atoms with van der Waals surface area (Å²) in [7, 11) is 4.33. The van der Waals surface area contributed by atoms with E-state index in [1.165, 1.54) is 10.1 Å². The molecule has 0 saturated heterocycles. The van der Waals surface area contributed by atoms with E-state index >= 15 is 0 Å². The summed E-state index contributed by atoms with van der Waals surface area (Å²) in [4.78, 5) is 14.6. The Labute approximate surface area is 156 Å². The molecule has 0 unspecified atom stereocenters. The molecule has 2 heterocycles. The van der Waals surface area contributed by atoms with E-state index in [1.54, 1.807) is 0 Å². The lowest BCUT2D eigenvalue weighted by Crippen LogP contribution is -2.49. The van der Waals surface area contributed by atoms with E-state index in [2.05, 4.69) is 79.3 Å². The molecule has 4 nitrogen and oxygen atoms in total. The Morgan fingerprint density at radius 1 is 0.667 bits per heavy atom. The van der Waals surface area contributed by atoms with E-state index in [0.717, 1.165) is 11.5 Å². The minimum atomic E-state index is -0.108. The van der Waals surface area contributed by atoms with Gasteiger partial charge in [0.1, 0.15) is 11.3 Å². The maximum Gasteiger partial charge on any atom is 0.109 e. The first-order chi connectivity index (χ1) is 10.7. The molecule has 0 atom stereocenters. The summed E-state index contributed by atoms with van der Waals surface area (Å²) in [6.45, 7) is 17.8. The third-order valence-corrected chi connectivity index (χ3v) is 8.48. The molecule has 6 heteroatoms. The number of hydrogen-bond acceptors (Lipinski definition) is 6. The van der Waals surface area contributed by atoms with E-state index in [-0.39, 0.29) is 22.4 Å². The van der Waals surface area contributed by atoms with Crippen LogP contribution in [0, 0.1) is 0 Å². The van der Waals surface area contributed by atoms with Crippen molar-refractivity contribution in [2.24, 2.45) is 9.98 Å². The summed E-state index contributed by atoms with van der Waals surface area (Å²) >= 11 is 3.80. The van der Waals surface area contributed by atoms with Crippen LogP contribution >= 0.6 is 23.5 Å². The first-order valence-electron chi connectivity index (χ1n) is 8.67. The quantitative estimate of drug-likeness (QED) is 0.698. The second kappa shape index (κ2) is 6.29. The minimum Gasteiger partial charge on any atom is -0.272 e. The van der Waals surface area contributed by atoms with Crippen molar-refractivity contribution >= 4 is 33.6 Å². The number of rotatable bonds is 3. The average molecular weight is 371 g/mol. The van der Waals surface area contributed by atoms with Crippen LogP contribution in [0.4, 0.5) is 0 Å².